The fourth-order valence-corrected chi connectivity index (χ4v) is 2.57. The van der Waals surface area contributed by atoms with Gasteiger partial charge in [0.2, 0.25) is 0 Å². The molecule has 0 fully saturated rings. The summed E-state index contributed by atoms with van der Waals surface area (Å²) in [7, 11) is 0. The standard InChI is InChI=1S/C14H24N2O/c1-4-5-6-7-8-9-14(3)11-16-10-12(2)15-13(16)17-14/h10H,4-9,11H2,1-3H3/t14-/m1/s1. The fraction of sp³-hybridized carbons (Fsp3) is 0.786. The number of imidazole rings is 1. The number of rotatable bonds is 6. The van der Waals surface area contributed by atoms with Crippen molar-refractivity contribution in [2.45, 2.75) is 71.4 Å². The molecule has 0 N–H and O–H groups in total. The molecule has 3 heteroatoms. The number of unbranched alkanes of at least 4 members (excludes halogenated alkanes) is 4. The van der Waals surface area contributed by atoms with Crippen LogP contribution in [0.3, 0.4) is 0 Å². The highest BCUT2D eigenvalue weighted by Gasteiger charge is 2.35. The molecule has 0 spiro atoms. The molecule has 1 aliphatic heterocycles. The number of fused-ring (bicyclic) bond motifs is 1. The Morgan fingerprint density at radius 3 is 2.82 bits per heavy atom. The lowest BCUT2D eigenvalue weighted by Crippen LogP contribution is -2.31. The van der Waals surface area contributed by atoms with E-state index in [2.05, 4.69) is 29.6 Å². The fourth-order valence-electron chi connectivity index (χ4n) is 2.57. The summed E-state index contributed by atoms with van der Waals surface area (Å²) in [5, 5.41) is 0. The van der Waals surface area contributed by atoms with Crippen LogP contribution in [-0.2, 0) is 6.54 Å². The quantitative estimate of drug-likeness (QED) is 0.704. The molecular formula is C14H24N2O. The van der Waals surface area contributed by atoms with E-state index in [4.69, 9.17) is 4.74 Å². The lowest BCUT2D eigenvalue weighted by atomic mass is 9.98. The third-order valence-corrected chi connectivity index (χ3v) is 3.51. The molecule has 1 aliphatic rings. The van der Waals surface area contributed by atoms with Crippen LogP contribution in [0, 0.1) is 6.92 Å². The Morgan fingerprint density at radius 2 is 2.12 bits per heavy atom. The van der Waals surface area contributed by atoms with E-state index in [1.807, 2.05) is 6.92 Å². The zero-order valence-corrected chi connectivity index (χ0v) is 11.3. The average Bonchev–Trinajstić information content (AvgIpc) is 2.71. The second-order valence-corrected chi connectivity index (χ2v) is 5.51. The molecule has 1 aromatic heterocycles. The maximum absolute atomic E-state index is 5.97. The van der Waals surface area contributed by atoms with Crippen molar-refractivity contribution in [2.75, 3.05) is 0 Å². The molecule has 0 bridgehead atoms. The zero-order chi connectivity index (χ0) is 12.3. The summed E-state index contributed by atoms with van der Waals surface area (Å²) in [6, 6.07) is 0.804. The summed E-state index contributed by atoms with van der Waals surface area (Å²) < 4.78 is 8.11. The van der Waals surface area contributed by atoms with Gasteiger partial charge in [0, 0.05) is 6.20 Å². The van der Waals surface area contributed by atoms with Gasteiger partial charge in [-0.05, 0) is 26.7 Å². The number of ether oxygens (including phenoxy) is 1. The van der Waals surface area contributed by atoms with Crippen molar-refractivity contribution < 1.29 is 4.74 Å². The van der Waals surface area contributed by atoms with Gasteiger partial charge < -0.3 is 4.74 Å². The van der Waals surface area contributed by atoms with E-state index < -0.39 is 0 Å². The van der Waals surface area contributed by atoms with Crippen LogP contribution in [-0.4, -0.2) is 15.2 Å². The van der Waals surface area contributed by atoms with Crippen LogP contribution in [0.25, 0.3) is 0 Å². The topological polar surface area (TPSA) is 27.1 Å². The van der Waals surface area contributed by atoms with E-state index in [0.29, 0.717) is 0 Å². The van der Waals surface area contributed by atoms with Gasteiger partial charge in [0.25, 0.3) is 6.01 Å². The van der Waals surface area contributed by atoms with E-state index in [-0.39, 0.29) is 5.60 Å². The summed E-state index contributed by atoms with van der Waals surface area (Å²) in [6.45, 7) is 7.42. The predicted molar refractivity (Wildman–Crippen MR) is 69.4 cm³/mol. The van der Waals surface area contributed by atoms with Crippen molar-refractivity contribution in [2.24, 2.45) is 0 Å². The van der Waals surface area contributed by atoms with Gasteiger partial charge >= 0.3 is 0 Å². The van der Waals surface area contributed by atoms with Crippen molar-refractivity contribution in [3.8, 4) is 6.01 Å². The molecule has 0 aliphatic carbocycles. The average molecular weight is 236 g/mol. The van der Waals surface area contributed by atoms with Crippen LogP contribution in [0.1, 0.15) is 58.1 Å². The molecule has 0 saturated carbocycles. The van der Waals surface area contributed by atoms with Crippen LogP contribution >= 0.6 is 0 Å². The van der Waals surface area contributed by atoms with Gasteiger partial charge in [0.05, 0.1) is 12.2 Å². The largest absolute Gasteiger partial charge is 0.456 e. The van der Waals surface area contributed by atoms with Crippen molar-refractivity contribution in [1.29, 1.82) is 0 Å². The van der Waals surface area contributed by atoms with Gasteiger partial charge in [0.1, 0.15) is 5.60 Å². The number of nitrogens with zero attached hydrogens (tertiary/aromatic N) is 2. The van der Waals surface area contributed by atoms with Crippen molar-refractivity contribution in [3.63, 3.8) is 0 Å². The molecule has 96 valence electrons. The molecule has 2 heterocycles. The van der Waals surface area contributed by atoms with Crippen LogP contribution in [0.4, 0.5) is 0 Å². The third-order valence-electron chi connectivity index (χ3n) is 3.51. The first kappa shape index (κ1) is 12.5. The zero-order valence-electron chi connectivity index (χ0n) is 11.3. The molecule has 2 rings (SSSR count). The van der Waals surface area contributed by atoms with Gasteiger partial charge in [0.15, 0.2) is 0 Å². The molecular weight excluding hydrogens is 212 g/mol. The smallest absolute Gasteiger partial charge is 0.297 e. The lowest BCUT2D eigenvalue weighted by molar-refractivity contribution is 0.0950. The normalized spacial score (nSPS) is 22.5. The molecule has 1 aromatic rings. The maximum atomic E-state index is 5.97. The molecule has 3 nitrogen and oxygen atoms in total. The number of aromatic nitrogens is 2. The van der Waals surface area contributed by atoms with Gasteiger partial charge in [-0.25, -0.2) is 4.98 Å². The van der Waals surface area contributed by atoms with E-state index in [0.717, 1.165) is 24.7 Å². The second kappa shape index (κ2) is 5.11. The first-order valence-corrected chi connectivity index (χ1v) is 6.86. The van der Waals surface area contributed by atoms with Gasteiger partial charge in [-0.3, -0.25) is 4.57 Å². The highest BCUT2D eigenvalue weighted by molar-refractivity contribution is 5.13. The Kier molecular flexibility index (Phi) is 3.75. The number of hydrogen-bond donors (Lipinski definition) is 0. The highest BCUT2D eigenvalue weighted by Crippen LogP contribution is 2.32. The van der Waals surface area contributed by atoms with Crippen molar-refractivity contribution in [3.05, 3.63) is 11.9 Å². The minimum absolute atomic E-state index is 0.0255. The lowest BCUT2D eigenvalue weighted by Gasteiger charge is -2.22. The third kappa shape index (κ3) is 3.02. The Balaban J connectivity index is 1.77. The minimum Gasteiger partial charge on any atom is -0.456 e. The molecule has 1 atom stereocenters. The molecule has 0 saturated heterocycles. The summed E-state index contributed by atoms with van der Waals surface area (Å²) in [5.41, 5.74) is 1.02. The van der Waals surface area contributed by atoms with E-state index in [9.17, 15) is 0 Å². The van der Waals surface area contributed by atoms with Gasteiger partial charge in [-0.15, -0.1) is 0 Å². The van der Waals surface area contributed by atoms with Crippen molar-refractivity contribution >= 4 is 0 Å². The Hall–Kier alpha value is -0.990. The summed E-state index contributed by atoms with van der Waals surface area (Å²) in [4.78, 5) is 4.39. The van der Waals surface area contributed by atoms with E-state index in [1.165, 1.54) is 32.1 Å². The Labute approximate surface area is 104 Å². The van der Waals surface area contributed by atoms with Gasteiger partial charge in [-0.1, -0.05) is 32.6 Å². The highest BCUT2D eigenvalue weighted by atomic mass is 16.5. The first-order valence-electron chi connectivity index (χ1n) is 6.86. The Bertz CT molecular complexity index is 347. The Morgan fingerprint density at radius 1 is 1.35 bits per heavy atom. The van der Waals surface area contributed by atoms with E-state index in [1.54, 1.807) is 0 Å². The number of aryl methyl sites for hydroxylation is 1. The summed E-state index contributed by atoms with van der Waals surface area (Å²) in [6.07, 6.45) is 9.84. The second-order valence-electron chi connectivity index (χ2n) is 5.51. The van der Waals surface area contributed by atoms with Crippen LogP contribution < -0.4 is 4.74 Å². The van der Waals surface area contributed by atoms with Crippen LogP contribution in [0.15, 0.2) is 6.20 Å². The molecule has 0 amide bonds. The maximum Gasteiger partial charge on any atom is 0.297 e. The van der Waals surface area contributed by atoms with Crippen molar-refractivity contribution in [1.82, 2.24) is 9.55 Å². The summed E-state index contributed by atoms with van der Waals surface area (Å²) >= 11 is 0. The van der Waals surface area contributed by atoms with Crippen LogP contribution in [0.2, 0.25) is 0 Å². The van der Waals surface area contributed by atoms with Crippen LogP contribution in [0.5, 0.6) is 6.01 Å². The SMILES string of the molecule is CCCCCCC[C@]1(C)Cn2cc(C)nc2O1. The first-order chi connectivity index (χ1) is 8.13. The van der Waals surface area contributed by atoms with Gasteiger partial charge in [-0.2, -0.15) is 0 Å². The van der Waals surface area contributed by atoms with E-state index >= 15 is 0 Å². The predicted octanol–water partition coefficient (Wildman–Crippen LogP) is 3.70. The molecule has 17 heavy (non-hydrogen) atoms. The minimum atomic E-state index is -0.0255. The summed E-state index contributed by atoms with van der Waals surface area (Å²) in [5.74, 6) is 0. The number of hydrogen-bond acceptors (Lipinski definition) is 2. The molecule has 0 radical (unpaired) electrons. The monoisotopic (exact) mass is 236 g/mol. The molecule has 0 aromatic carbocycles. The molecule has 0 unspecified atom stereocenters.